The summed E-state index contributed by atoms with van der Waals surface area (Å²) < 4.78 is 11.7. The minimum Gasteiger partial charge on any atom is -0.495 e. The number of hydrogen-bond donors (Lipinski definition) is 1. The third-order valence-electron chi connectivity index (χ3n) is 3.30. The van der Waals surface area contributed by atoms with E-state index in [-0.39, 0.29) is 6.04 Å². The smallest absolute Gasteiger partial charge is 0.141 e. The Bertz CT molecular complexity index is 645. The van der Waals surface area contributed by atoms with E-state index in [1.54, 1.807) is 25.6 Å². The molecule has 1 N–H and O–H groups in total. The second kappa shape index (κ2) is 7.01. The van der Waals surface area contributed by atoms with Gasteiger partial charge in [-0.2, -0.15) is 0 Å². The Morgan fingerprint density at radius 1 is 1.29 bits per heavy atom. The Kier molecular flexibility index (Phi) is 5.54. The first-order valence-corrected chi connectivity index (χ1v) is 8.41. The van der Waals surface area contributed by atoms with E-state index >= 15 is 0 Å². The maximum atomic E-state index is 6.42. The van der Waals surface area contributed by atoms with Crippen LogP contribution in [0.3, 0.4) is 0 Å². The summed E-state index contributed by atoms with van der Waals surface area (Å²) in [7, 11) is 5.19. The normalized spacial score (nSPS) is 12.3. The zero-order valence-corrected chi connectivity index (χ0v) is 15.4. The van der Waals surface area contributed by atoms with Gasteiger partial charge in [-0.3, -0.25) is 0 Å². The second-order valence-electron chi connectivity index (χ2n) is 4.52. The molecule has 2 aromatic rings. The summed E-state index contributed by atoms with van der Waals surface area (Å²) in [5.74, 6) is 1.48. The molecule has 0 radical (unpaired) electrons. The first kappa shape index (κ1) is 16.6. The highest BCUT2D eigenvalue weighted by Gasteiger charge is 2.24. The average Bonchev–Trinajstić information content (AvgIpc) is 2.81. The van der Waals surface area contributed by atoms with Crippen molar-refractivity contribution in [1.29, 1.82) is 0 Å². The van der Waals surface area contributed by atoms with Crippen LogP contribution in [0.2, 0.25) is 5.02 Å². The fourth-order valence-electron chi connectivity index (χ4n) is 2.22. The molecule has 1 heterocycles. The SMILES string of the molecule is CNC(c1ccc(OC)c(Br)c1OC)c1scc(C)c1Cl. The standard InChI is InChI=1S/C15H17BrClNO2S/c1-8-7-21-15(12(8)17)13(18-2)9-5-6-10(19-3)11(16)14(9)20-4/h5-7,13,18H,1-4H3. The number of aryl methyl sites for hydroxylation is 1. The molecule has 0 saturated heterocycles. The monoisotopic (exact) mass is 389 g/mol. The van der Waals surface area contributed by atoms with Gasteiger partial charge in [-0.25, -0.2) is 0 Å². The third-order valence-corrected chi connectivity index (χ3v) is 5.83. The van der Waals surface area contributed by atoms with E-state index < -0.39 is 0 Å². The molecule has 1 aromatic heterocycles. The Labute approximate surface area is 142 Å². The number of halogens is 2. The molecule has 0 saturated carbocycles. The molecule has 0 spiro atoms. The summed E-state index contributed by atoms with van der Waals surface area (Å²) in [6.45, 7) is 2.01. The number of thiophene rings is 1. The predicted molar refractivity (Wildman–Crippen MR) is 92.2 cm³/mol. The van der Waals surface area contributed by atoms with Crippen molar-refractivity contribution in [1.82, 2.24) is 5.32 Å². The quantitative estimate of drug-likeness (QED) is 0.795. The lowest BCUT2D eigenvalue weighted by atomic mass is 10.0. The number of nitrogens with one attached hydrogen (secondary N) is 1. The molecule has 0 aliphatic rings. The summed E-state index contributed by atoms with van der Waals surface area (Å²) in [4.78, 5) is 1.08. The Hall–Kier alpha value is -0.750. The first-order valence-electron chi connectivity index (χ1n) is 6.36. The van der Waals surface area contributed by atoms with E-state index in [0.29, 0.717) is 0 Å². The lowest BCUT2D eigenvalue weighted by Gasteiger charge is -2.21. The van der Waals surface area contributed by atoms with Gasteiger partial charge in [-0.15, -0.1) is 11.3 Å². The Morgan fingerprint density at radius 2 is 2.00 bits per heavy atom. The van der Waals surface area contributed by atoms with Gasteiger partial charge in [0, 0.05) is 10.4 Å². The van der Waals surface area contributed by atoms with Crippen molar-refractivity contribution >= 4 is 38.9 Å². The van der Waals surface area contributed by atoms with Crippen molar-refractivity contribution in [2.75, 3.05) is 21.3 Å². The summed E-state index contributed by atoms with van der Waals surface area (Å²) >= 11 is 11.6. The van der Waals surface area contributed by atoms with Gasteiger partial charge in [0.15, 0.2) is 0 Å². The molecule has 1 unspecified atom stereocenters. The fraction of sp³-hybridized carbons (Fsp3) is 0.333. The maximum absolute atomic E-state index is 6.42. The largest absolute Gasteiger partial charge is 0.495 e. The van der Waals surface area contributed by atoms with Gasteiger partial charge in [0.2, 0.25) is 0 Å². The Morgan fingerprint density at radius 3 is 2.48 bits per heavy atom. The summed E-state index contributed by atoms with van der Waals surface area (Å²) in [6.07, 6.45) is 0. The van der Waals surface area contributed by atoms with E-state index in [9.17, 15) is 0 Å². The molecule has 0 fully saturated rings. The van der Waals surface area contributed by atoms with Crippen LogP contribution in [-0.2, 0) is 0 Å². The van der Waals surface area contributed by atoms with Crippen molar-refractivity contribution in [3.05, 3.63) is 43.0 Å². The van der Waals surface area contributed by atoms with E-state index in [0.717, 1.165) is 37.0 Å². The highest BCUT2D eigenvalue weighted by molar-refractivity contribution is 9.10. The summed E-state index contributed by atoms with van der Waals surface area (Å²) in [5.41, 5.74) is 2.10. The number of benzene rings is 1. The van der Waals surface area contributed by atoms with Crippen LogP contribution in [0.15, 0.2) is 22.0 Å². The molecule has 0 bridgehead atoms. The molecule has 0 aliphatic heterocycles. The van der Waals surface area contributed by atoms with Crippen LogP contribution in [0.1, 0.15) is 22.0 Å². The molecule has 114 valence electrons. The minimum atomic E-state index is -0.0339. The maximum Gasteiger partial charge on any atom is 0.141 e. The van der Waals surface area contributed by atoms with Gasteiger partial charge >= 0.3 is 0 Å². The van der Waals surface area contributed by atoms with Crippen LogP contribution in [0, 0.1) is 6.92 Å². The third kappa shape index (κ3) is 3.06. The van der Waals surface area contributed by atoms with Gasteiger partial charge in [0.1, 0.15) is 16.0 Å². The Balaban J connectivity index is 2.57. The molecule has 0 amide bonds. The van der Waals surface area contributed by atoms with Gasteiger partial charge < -0.3 is 14.8 Å². The molecule has 1 aromatic carbocycles. The highest BCUT2D eigenvalue weighted by atomic mass is 79.9. The van der Waals surface area contributed by atoms with E-state index in [1.807, 2.05) is 26.1 Å². The second-order valence-corrected chi connectivity index (χ2v) is 6.61. The van der Waals surface area contributed by atoms with Crippen molar-refractivity contribution in [2.24, 2.45) is 0 Å². The van der Waals surface area contributed by atoms with Crippen LogP contribution in [0.5, 0.6) is 11.5 Å². The van der Waals surface area contributed by atoms with Crippen molar-refractivity contribution < 1.29 is 9.47 Å². The molecule has 3 nitrogen and oxygen atoms in total. The number of methoxy groups -OCH3 is 2. The molecule has 1 atom stereocenters. The van der Waals surface area contributed by atoms with Crippen LogP contribution in [0.25, 0.3) is 0 Å². The van der Waals surface area contributed by atoms with Gasteiger partial charge in [-0.1, -0.05) is 11.6 Å². The van der Waals surface area contributed by atoms with Crippen LogP contribution >= 0.6 is 38.9 Å². The number of ether oxygens (including phenoxy) is 2. The molecule has 0 aliphatic carbocycles. The number of hydrogen-bond acceptors (Lipinski definition) is 4. The molecular formula is C15H17BrClNO2S. The molecular weight excluding hydrogens is 374 g/mol. The van der Waals surface area contributed by atoms with Crippen molar-refractivity contribution in [3.63, 3.8) is 0 Å². The summed E-state index contributed by atoms with van der Waals surface area (Å²) in [5, 5.41) is 6.17. The van der Waals surface area contributed by atoms with Crippen LogP contribution < -0.4 is 14.8 Å². The fourth-order valence-corrected chi connectivity index (χ4v) is 4.33. The van der Waals surface area contributed by atoms with Crippen LogP contribution in [0.4, 0.5) is 0 Å². The summed E-state index contributed by atoms with van der Waals surface area (Å²) in [6, 6.07) is 3.88. The average molecular weight is 391 g/mol. The highest BCUT2D eigenvalue weighted by Crippen LogP contribution is 2.44. The lowest BCUT2D eigenvalue weighted by Crippen LogP contribution is -2.18. The van der Waals surface area contributed by atoms with E-state index in [1.165, 1.54) is 0 Å². The van der Waals surface area contributed by atoms with Crippen molar-refractivity contribution in [3.8, 4) is 11.5 Å². The van der Waals surface area contributed by atoms with Gasteiger partial charge in [-0.05, 0) is 53.0 Å². The zero-order valence-electron chi connectivity index (χ0n) is 12.3. The van der Waals surface area contributed by atoms with E-state index in [2.05, 4.69) is 26.6 Å². The molecule has 21 heavy (non-hydrogen) atoms. The van der Waals surface area contributed by atoms with Crippen LogP contribution in [-0.4, -0.2) is 21.3 Å². The minimum absolute atomic E-state index is 0.0339. The van der Waals surface area contributed by atoms with Crippen molar-refractivity contribution in [2.45, 2.75) is 13.0 Å². The predicted octanol–water partition coefficient (Wildman–Crippen LogP) is 4.80. The van der Waals surface area contributed by atoms with Gasteiger partial charge in [0.05, 0.1) is 25.3 Å². The first-order chi connectivity index (χ1) is 10.0. The number of rotatable bonds is 5. The molecule has 6 heteroatoms. The topological polar surface area (TPSA) is 30.5 Å². The van der Waals surface area contributed by atoms with E-state index in [4.69, 9.17) is 21.1 Å². The lowest BCUT2D eigenvalue weighted by molar-refractivity contribution is 0.383. The molecule has 2 rings (SSSR count). The van der Waals surface area contributed by atoms with Gasteiger partial charge in [0.25, 0.3) is 0 Å². The zero-order chi connectivity index (χ0) is 15.6.